The summed E-state index contributed by atoms with van der Waals surface area (Å²) in [6.07, 6.45) is -3.01. The summed E-state index contributed by atoms with van der Waals surface area (Å²) in [5, 5.41) is 5.71. The number of amides is 2. The van der Waals surface area contributed by atoms with Crippen molar-refractivity contribution in [3.05, 3.63) is 52.1 Å². The molecule has 1 aromatic carbocycles. The van der Waals surface area contributed by atoms with Crippen LogP contribution in [-0.4, -0.2) is 76.7 Å². The van der Waals surface area contributed by atoms with Gasteiger partial charge in [-0.2, -0.15) is 18.2 Å². The number of fused-ring (bicyclic) bond motifs is 1. The lowest BCUT2D eigenvalue weighted by Gasteiger charge is -2.27. The number of hydrogen-bond acceptors (Lipinski definition) is 6. The Morgan fingerprint density at radius 2 is 1.92 bits per heavy atom. The molecule has 9 nitrogen and oxygen atoms in total. The average Bonchev–Trinajstić information content (AvgIpc) is 3.23. The first-order chi connectivity index (χ1) is 17.1. The number of aromatic nitrogens is 2. The van der Waals surface area contributed by atoms with Crippen LogP contribution in [0.4, 0.5) is 23.8 Å². The minimum Gasteiger partial charge on any atom is -0.327 e. The maximum Gasteiger partial charge on any atom is 0.416 e. The number of carbonyl (C=O) groups is 1. The SMILES string of the molecule is CC(Cc1ccc(-n2ccc(NC(=O)N3CCNCC3)nc2=O)cc1C(F)(F)F)N1C[C@@H]2C(N)[C@@H]2C1. The van der Waals surface area contributed by atoms with E-state index < -0.39 is 17.4 Å². The van der Waals surface area contributed by atoms with E-state index in [9.17, 15) is 22.8 Å². The highest BCUT2D eigenvalue weighted by atomic mass is 19.4. The summed E-state index contributed by atoms with van der Waals surface area (Å²) in [7, 11) is 0. The van der Waals surface area contributed by atoms with Crippen molar-refractivity contribution in [3.63, 3.8) is 0 Å². The second kappa shape index (κ2) is 9.49. The van der Waals surface area contributed by atoms with Gasteiger partial charge in [-0.1, -0.05) is 6.07 Å². The number of piperidine rings is 1. The molecule has 0 radical (unpaired) electrons. The molecule has 1 aliphatic carbocycles. The molecule has 2 aliphatic heterocycles. The van der Waals surface area contributed by atoms with E-state index in [4.69, 9.17) is 5.73 Å². The summed E-state index contributed by atoms with van der Waals surface area (Å²) in [5.74, 6) is 0.964. The summed E-state index contributed by atoms with van der Waals surface area (Å²) in [6, 6.07) is 5.11. The molecule has 0 bridgehead atoms. The number of nitrogens with two attached hydrogens (primary N) is 1. The fraction of sp³-hybridized carbons (Fsp3) is 0.542. The number of halogens is 3. The van der Waals surface area contributed by atoms with Crippen LogP contribution in [-0.2, 0) is 12.6 Å². The maximum atomic E-state index is 14.0. The second-order valence-corrected chi connectivity index (χ2v) is 9.88. The molecule has 3 fully saturated rings. The van der Waals surface area contributed by atoms with Crippen LogP contribution in [0.1, 0.15) is 18.1 Å². The van der Waals surface area contributed by atoms with Gasteiger partial charge in [0.25, 0.3) is 0 Å². The van der Waals surface area contributed by atoms with E-state index in [1.165, 1.54) is 24.4 Å². The summed E-state index contributed by atoms with van der Waals surface area (Å²) in [6.45, 7) is 5.99. The third-order valence-corrected chi connectivity index (χ3v) is 7.55. The third kappa shape index (κ3) is 4.97. The quantitative estimate of drug-likeness (QED) is 0.569. The number of benzene rings is 1. The van der Waals surface area contributed by atoms with Crippen molar-refractivity contribution in [2.45, 2.75) is 31.6 Å². The lowest BCUT2D eigenvalue weighted by Crippen LogP contribution is -2.48. The van der Waals surface area contributed by atoms with Crippen LogP contribution in [0.25, 0.3) is 5.69 Å². The van der Waals surface area contributed by atoms with Gasteiger partial charge < -0.3 is 16.0 Å². The molecule has 1 saturated carbocycles. The van der Waals surface area contributed by atoms with Crippen molar-refractivity contribution >= 4 is 11.8 Å². The van der Waals surface area contributed by atoms with Crippen LogP contribution in [0.3, 0.4) is 0 Å². The molecule has 194 valence electrons. The molecule has 2 amide bonds. The Hall–Kier alpha value is -2.96. The van der Waals surface area contributed by atoms with Gasteiger partial charge in [0.05, 0.1) is 11.3 Å². The Balaban J connectivity index is 1.33. The number of nitrogens with one attached hydrogen (secondary N) is 2. The molecule has 2 saturated heterocycles. The molecule has 4 N–H and O–H groups in total. The van der Waals surface area contributed by atoms with E-state index in [0.717, 1.165) is 23.7 Å². The van der Waals surface area contributed by atoms with Gasteiger partial charge in [0.15, 0.2) is 0 Å². The summed E-state index contributed by atoms with van der Waals surface area (Å²) in [5.41, 5.74) is 4.68. The number of urea groups is 1. The smallest absolute Gasteiger partial charge is 0.327 e. The van der Waals surface area contributed by atoms with Crippen LogP contribution < -0.4 is 22.1 Å². The molecule has 2 unspecified atom stereocenters. The van der Waals surface area contributed by atoms with Gasteiger partial charge in [-0.05, 0) is 48.9 Å². The molecule has 36 heavy (non-hydrogen) atoms. The molecule has 12 heteroatoms. The molecule has 5 rings (SSSR count). The van der Waals surface area contributed by atoms with Crippen molar-refractivity contribution in [3.8, 4) is 5.69 Å². The minimum atomic E-state index is -4.57. The molecule has 3 aliphatic rings. The van der Waals surface area contributed by atoms with Gasteiger partial charge in [0.1, 0.15) is 5.82 Å². The number of alkyl halides is 3. The van der Waals surface area contributed by atoms with Crippen molar-refractivity contribution in [1.29, 1.82) is 0 Å². The van der Waals surface area contributed by atoms with Crippen LogP contribution in [0.5, 0.6) is 0 Å². The monoisotopic (exact) mass is 505 g/mol. The van der Waals surface area contributed by atoms with E-state index in [1.807, 2.05) is 6.92 Å². The van der Waals surface area contributed by atoms with Gasteiger partial charge in [0, 0.05) is 57.5 Å². The van der Waals surface area contributed by atoms with Gasteiger partial charge >= 0.3 is 17.9 Å². The zero-order valence-corrected chi connectivity index (χ0v) is 20.0. The zero-order valence-electron chi connectivity index (χ0n) is 20.0. The maximum absolute atomic E-state index is 14.0. The first kappa shape index (κ1) is 24.7. The summed E-state index contributed by atoms with van der Waals surface area (Å²) in [4.78, 5) is 32.6. The first-order valence-electron chi connectivity index (χ1n) is 12.2. The third-order valence-electron chi connectivity index (χ3n) is 7.55. The molecule has 2 aromatic rings. The second-order valence-electron chi connectivity index (χ2n) is 9.88. The Labute approximate surface area is 206 Å². The summed E-state index contributed by atoms with van der Waals surface area (Å²) >= 11 is 0. The van der Waals surface area contributed by atoms with Crippen LogP contribution in [0.15, 0.2) is 35.3 Å². The zero-order chi connectivity index (χ0) is 25.6. The molecule has 4 atom stereocenters. The van der Waals surface area contributed by atoms with E-state index in [0.29, 0.717) is 38.0 Å². The van der Waals surface area contributed by atoms with E-state index in [2.05, 4.69) is 20.5 Å². The van der Waals surface area contributed by atoms with E-state index in [1.54, 1.807) is 4.90 Å². The lowest BCUT2D eigenvalue weighted by atomic mass is 9.98. The lowest BCUT2D eigenvalue weighted by molar-refractivity contribution is -0.138. The Kier molecular flexibility index (Phi) is 6.52. The van der Waals surface area contributed by atoms with Gasteiger partial charge in [-0.3, -0.25) is 14.8 Å². The van der Waals surface area contributed by atoms with E-state index >= 15 is 0 Å². The predicted octanol–water partition coefficient (Wildman–Crippen LogP) is 1.51. The number of piperazine rings is 1. The number of rotatable bonds is 5. The molecular formula is C24H30F3N7O2. The van der Waals surface area contributed by atoms with Crippen molar-refractivity contribution < 1.29 is 18.0 Å². The van der Waals surface area contributed by atoms with Gasteiger partial charge in [-0.25, -0.2) is 9.59 Å². The van der Waals surface area contributed by atoms with Crippen LogP contribution in [0.2, 0.25) is 0 Å². The number of anilines is 1. The fourth-order valence-electron chi connectivity index (χ4n) is 5.29. The highest BCUT2D eigenvalue weighted by Gasteiger charge is 2.54. The topological polar surface area (TPSA) is 109 Å². The molecular weight excluding hydrogens is 475 g/mol. The standard InChI is InChI=1S/C24H30F3N7O2/c1-14(33-12-17-18(13-33)21(17)28)10-15-2-3-16(11-19(15)24(25,26)27)34-7-4-20(31-23(34)36)30-22(35)32-8-5-29-6-9-32/h2-4,7,11,14,17-18,21,29H,5-6,8-10,12-13,28H2,1H3,(H,30,31,35,36)/t14?,17-,18+,21?. The number of likely N-dealkylation sites (tertiary alicyclic amines) is 1. The average molecular weight is 506 g/mol. The van der Waals surface area contributed by atoms with Gasteiger partial charge in [-0.15, -0.1) is 0 Å². The largest absolute Gasteiger partial charge is 0.416 e. The minimum absolute atomic E-state index is 0.0460. The number of hydrogen-bond donors (Lipinski definition) is 3. The Morgan fingerprint density at radius 3 is 2.56 bits per heavy atom. The fourth-order valence-corrected chi connectivity index (χ4v) is 5.29. The van der Waals surface area contributed by atoms with Crippen LogP contribution >= 0.6 is 0 Å². The highest BCUT2D eigenvalue weighted by Crippen LogP contribution is 2.45. The normalized spacial score (nSPS) is 24.9. The number of nitrogens with zero attached hydrogens (tertiary/aromatic N) is 4. The van der Waals surface area contributed by atoms with Crippen molar-refractivity contribution in [2.75, 3.05) is 44.6 Å². The highest BCUT2D eigenvalue weighted by molar-refractivity contribution is 5.88. The molecule has 3 heterocycles. The molecule has 0 spiro atoms. The van der Waals surface area contributed by atoms with E-state index in [-0.39, 0.29) is 41.6 Å². The predicted molar refractivity (Wildman–Crippen MR) is 128 cm³/mol. The summed E-state index contributed by atoms with van der Waals surface area (Å²) < 4.78 is 43.0. The first-order valence-corrected chi connectivity index (χ1v) is 12.2. The van der Waals surface area contributed by atoms with Crippen molar-refractivity contribution in [2.24, 2.45) is 17.6 Å². The van der Waals surface area contributed by atoms with Crippen molar-refractivity contribution in [1.82, 2.24) is 24.7 Å². The Bertz CT molecular complexity index is 1180. The van der Waals surface area contributed by atoms with Gasteiger partial charge in [0.2, 0.25) is 0 Å². The Morgan fingerprint density at radius 1 is 1.22 bits per heavy atom. The van der Waals surface area contributed by atoms with Crippen LogP contribution in [0, 0.1) is 11.8 Å². The number of carbonyl (C=O) groups excluding carboxylic acids is 1. The molecule has 1 aromatic heterocycles.